The van der Waals surface area contributed by atoms with E-state index in [1.807, 2.05) is 0 Å². The number of aryl methyl sites for hydroxylation is 3. The molecule has 7 nitrogen and oxygen atoms in total. The number of carbonyl (C=O) groups excluding carboxylic acids is 1. The van der Waals surface area contributed by atoms with E-state index in [9.17, 15) is 14.7 Å². The number of fused-ring (bicyclic) bond motifs is 3. The van der Waals surface area contributed by atoms with Gasteiger partial charge in [-0.25, -0.2) is 4.98 Å². The van der Waals surface area contributed by atoms with Crippen molar-refractivity contribution in [2.75, 3.05) is 13.7 Å². The third-order valence-electron chi connectivity index (χ3n) is 5.66. The smallest absolute Gasteiger partial charge is 0.262 e. The molecule has 31 heavy (non-hydrogen) atoms. The molecule has 0 bridgehead atoms. The van der Waals surface area contributed by atoms with Crippen LogP contribution in [0.5, 0.6) is 11.5 Å². The van der Waals surface area contributed by atoms with Crippen LogP contribution in [0.15, 0.2) is 23.0 Å². The highest BCUT2D eigenvalue weighted by Crippen LogP contribution is 2.34. The molecule has 1 aromatic carbocycles. The molecular weight excluding hydrogens is 416 g/mol. The van der Waals surface area contributed by atoms with E-state index in [0.717, 1.165) is 36.1 Å². The van der Waals surface area contributed by atoms with Crippen LogP contribution in [0.25, 0.3) is 10.2 Å². The highest BCUT2D eigenvalue weighted by Gasteiger charge is 2.22. The fourth-order valence-corrected chi connectivity index (χ4v) is 5.31. The molecule has 3 aromatic rings. The predicted molar refractivity (Wildman–Crippen MR) is 120 cm³/mol. The quantitative estimate of drug-likeness (QED) is 0.565. The van der Waals surface area contributed by atoms with Crippen molar-refractivity contribution in [3.05, 3.63) is 50.4 Å². The molecule has 0 saturated heterocycles. The van der Waals surface area contributed by atoms with E-state index in [0.29, 0.717) is 28.3 Å². The minimum Gasteiger partial charge on any atom is -0.493 e. The first-order chi connectivity index (χ1) is 14.9. The van der Waals surface area contributed by atoms with Crippen LogP contribution in [-0.4, -0.2) is 40.3 Å². The van der Waals surface area contributed by atoms with E-state index in [1.165, 1.54) is 23.5 Å². The Hall–Kier alpha value is -2.71. The van der Waals surface area contributed by atoms with Gasteiger partial charge in [0.25, 0.3) is 5.56 Å². The summed E-state index contributed by atoms with van der Waals surface area (Å²) in [6.07, 6.45) is 3.25. The molecule has 2 aromatic heterocycles. The highest BCUT2D eigenvalue weighted by molar-refractivity contribution is 7.18. The van der Waals surface area contributed by atoms with Crippen LogP contribution in [-0.2, 0) is 19.4 Å². The highest BCUT2D eigenvalue weighted by atomic mass is 32.1. The Balaban J connectivity index is 1.53. The summed E-state index contributed by atoms with van der Waals surface area (Å²) in [5.74, 6) is 1.36. The summed E-state index contributed by atoms with van der Waals surface area (Å²) in [6.45, 7) is 3.33. The minimum absolute atomic E-state index is 0.0263. The zero-order valence-corrected chi connectivity index (χ0v) is 18.8. The number of rotatable bonds is 7. The molecule has 0 amide bonds. The van der Waals surface area contributed by atoms with Crippen molar-refractivity contribution in [3.8, 4) is 11.5 Å². The maximum Gasteiger partial charge on any atom is 0.262 e. The van der Waals surface area contributed by atoms with Gasteiger partial charge in [-0.15, -0.1) is 11.3 Å². The number of ketones is 1. The number of aromatic nitrogens is 2. The summed E-state index contributed by atoms with van der Waals surface area (Å²) < 4.78 is 12.5. The van der Waals surface area contributed by atoms with Gasteiger partial charge in [-0.05, 0) is 63.3 Å². The van der Waals surface area contributed by atoms with Gasteiger partial charge in [-0.1, -0.05) is 0 Å². The Morgan fingerprint density at radius 1 is 1.29 bits per heavy atom. The van der Waals surface area contributed by atoms with E-state index >= 15 is 0 Å². The topological polar surface area (TPSA) is 90.7 Å². The Kier molecular flexibility index (Phi) is 6.11. The number of thiophene rings is 1. The number of aliphatic hydroxyl groups is 1. The van der Waals surface area contributed by atoms with Gasteiger partial charge in [0.05, 0.1) is 19.0 Å². The summed E-state index contributed by atoms with van der Waals surface area (Å²) in [4.78, 5) is 31.5. The number of ether oxygens (including phenoxy) is 2. The molecule has 0 unspecified atom stereocenters. The summed E-state index contributed by atoms with van der Waals surface area (Å²) in [5, 5.41) is 11.3. The van der Waals surface area contributed by atoms with Gasteiger partial charge in [0.1, 0.15) is 23.4 Å². The van der Waals surface area contributed by atoms with E-state index in [-0.39, 0.29) is 24.5 Å². The van der Waals surface area contributed by atoms with Gasteiger partial charge in [0.15, 0.2) is 17.3 Å². The molecule has 4 rings (SSSR count). The largest absolute Gasteiger partial charge is 0.493 e. The Bertz CT molecular complexity index is 1200. The zero-order valence-electron chi connectivity index (χ0n) is 17.9. The predicted octanol–water partition coefficient (Wildman–Crippen LogP) is 3.30. The van der Waals surface area contributed by atoms with Crippen molar-refractivity contribution in [2.45, 2.75) is 52.2 Å². The van der Waals surface area contributed by atoms with Crippen LogP contribution >= 0.6 is 11.3 Å². The molecule has 1 aliphatic rings. The second-order valence-electron chi connectivity index (χ2n) is 7.85. The Labute approximate surface area is 184 Å². The van der Waals surface area contributed by atoms with E-state index in [2.05, 4.69) is 4.98 Å². The van der Waals surface area contributed by atoms with Crippen molar-refractivity contribution in [3.63, 3.8) is 0 Å². The normalized spacial score (nSPS) is 14.3. The number of hydrogen-bond acceptors (Lipinski definition) is 7. The molecule has 8 heteroatoms. The van der Waals surface area contributed by atoms with E-state index in [4.69, 9.17) is 9.47 Å². The molecule has 0 spiro atoms. The molecule has 0 saturated carbocycles. The van der Waals surface area contributed by atoms with Crippen molar-refractivity contribution in [1.82, 2.24) is 9.55 Å². The fraction of sp³-hybridized carbons (Fsp3) is 0.435. The number of benzene rings is 1. The lowest BCUT2D eigenvalue weighted by atomic mass is 9.97. The molecular formula is C23H26N2O5S. The van der Waals surface area contributed by atoms with Gasteiger partial charge in [0, 0.05) is 10.4 Å². The van der Waals surface area contributed by atoms with Gasteiger partial charge < -0.3 is 14.6 Å². The molecule has 2 heterocycles. The van der Waals surface area contributed by atoms with Gasteiger partial charge in [0.2, 0.25) is 0 Å². The lowest BCUT2D eigenvalue weighted by molar-refractivity contribution is 0.0893. The average Bonchev–Trinajstić information content (AvgIpc) is 3.13. The van der Waals surface area contributed by atoms with Gasteiger partial charge in [-0.2, -0.15) is 0 Å². The monoisotopic (exact) mass is 442 g/mol. The maximum atomic E-state index is 13.2. The summed E-state index contributed by atoms with van der Waals surface area (Å²) >= 11 is 1.62. The number of hydrogen-bond donors (Lipinski definition) is 1. The Morgan fingerprint density at radius 3 is 2.81 bits per heavy atom. The standard InChI is InChI=1S/C23H26N2O5S/c1-13(26)15-8-9-18(19(10-15)29-3)30-12-16(27)11-25-14(2)24-22-21(23(25)28)17-6-4-5-7-20(17)31-22/h8-10,16,27H,4-7,11-12H2,1-3H3/t16-/m0/s1. The maximum absolute atomic E-state index is 13.2. The van der Waals surface area contributed by atoms with Crippen LogP contribution in [0.3, 0.4) is 0 Å². The first kappa shape index (κ1) is 21.5. The molecule has 0 aliphatic heterocycles. The van der Waals surface area contributed by atoms with Crippen molar-refractivity contribution >= 4 is 27.3 Å². The van der Waals surface area contributed by atoms with Crippen molar-refractivity contribution in [2.24, 2.45) is 0 Å². The second kappa shape index (κ2) is 8.80. The number of nitrogens with zero attached hydrogens (tertiary/aromatic N) is 2. The number of aliphatic hydroxyl groups excluding tert-OH is 1. The molecule has 1 aliphatic carbocycles. The second-order valence-corrected chi connectivity index (χ2v) is 8.94. The Morgan fingerprint density at radius 2 is 2.06 bits per heavy atom. The third-order valence-corrected chi connectivity index (χ3v) is 6.85. The van der Waals surface area contributed by atoms with Gasteiger partial charge in [-0.3, -0.25) is 14.2 Å². The SMILES string of the molecule is COc1cc(C(C)=O)ccc1OC[C@@H](O)Cn1c(C)nc2sc3c(c2c1=O)CCCC3. The lowest BCUT2D eigenvalue weighted by Gasteiger charge is -2.17. The number of Topliss-reactive ketones (excluding diaryl/α,β-unsaturated/α-hetero) is 1. The van der Waals surface area contributed by atoms with Crippen LogP contribution < -0.4 is 15.0 Å². The van der Waals surface area contributed by atoms with Crippen LogP contribution in [0, 0.1) is 6.92 Å². The summed E-state index contributed by atoms with van der Waals surface area (Å²) in [7, 11) is 1.49. The van der Waals surface area contributed by atoms with Crippen LogP contribution in [0.2, 0.25) is 0 Å². The molecule has 1 N–H and O–H groups in total. The molecule has 0 fully saturated rings. The van der Waals surface area contributed by atoms with Gasteiger partial charge >= 0.3 is 0 Å². The molecule has 0 radical (unpaired) electrons. The van der Waals surface area contributed by atoms with E-state index in [1.54, 1.807) is 36.5 Å². The molecule has 1 atom stereocenters. The average molecular weight is 443 g/mol. The van der Waals surface area contributed by atoms with Crippen LogP contribution in [0.1, 0.15) is 46.4 Å². The first-order valence-electron chi connectivity index (χ1n) is 10.4. The zero-order chi connectivity index (χ0) is 22.1. The lowest BCUT2D eigenvalue weighted by Crippen LogP contribution is -2.32. The van der Waals surface area contributed by atoms with E-state index < -0.39 is 6.10 Å². The third kappa shape index (κ3) is 4.22. The van der Waals surface area contributed by atoms with Crippen molar-refractivity contribution < 1.29 is 19.4 Å². The minimum atomic E-state index is -0.915. The van der Waals surface area contributed by atoms with Crippen molar-refractivity contribution in [1.29, 1.82) is 0 Å². The molecule has 164 valence electrons. The summed E-state index contributed by atoms with van der Waals surface area (Å²) in [6, 6.07) is 4.90. The van der Waals surface area contributed by atoms with Crippen LogP contribution in [0.4, 0.5) is 0 Å². The number of carbonyl (C=O) groups is 1. The first-order valence-corrected chi connectivity index (χ1v) is 11.2. The summed E-state index contributed by atoms with van der Waals surface area (Å²) in [5.41, 5.74) is 1.56. The number of methoxy groups -OCH3 is 1. The fourth-order valence-electron chi connectivity index (χ4n) is 4.01.